The van der Waals surface area contributed by atoms with Crippen molar-refractivity contribution in [3.8, 4) is 0 Å². The maximum Gasteiger partial charge on any atom is 0.183 e. The van der Waals surface area contributed by atoms with Gasteiger partial charge in [-0.2, -0.15) is 0 Å². The number of hydrogen-bond donors (Lipinski definition) is 0. The van der Waals surface area contributed by atoms with Crippen molar-refractivity contribution >= 4 is 25.4 Å². The molecular formula is C18H26N2OSi. The summed E-state index contributed by atoms with van der Waals surface area (Å²) in [5, 5.41) is 1.15. The summed E-state index contributed by atoms with van der Waals surface area (Å²) in [6.45, 7) is 11.7. The van der Waals surface area contributed by atoms with Crippen molar-refractivity contribution in [2.75, 3.05) is 6.61 Å². The summed E-state index contributed by atoms with van der Waals surface area (Å²) in [7, 11) is -1.50. The molecule has 118 valence electrons. The summed E-state index contributed by atoms with van der Waals surface area (Å²) < 4.78 is 6.02. The third kappa shape index (κ3) is 5.04. The van der Waals surface area contributed by atoms with E-state index in [-0.39, 0.29) is 6.04 Å². The fourth-order valence-corrected chi connectivity index (χ4v) is 2.74. The standard InChI is InChI=1S/C18H26N2OSi/c1-14(2)18(13-21-22(3,4)5)19-12-16-11-10-15-8-6-7-9-17(15)20-16/h6-12,14,18H,13H2,1-5H3/t18-/m1/s1. The van der Waals surface area contributed by atoms with Gasteiger partial charge in [0.05, 0.1) is 23.9 Å². The minimum absolute atomic E-state index is 0.181. The van der Waals surface area contributed by atoms with Crippen LogP contribution in [-0.4, -0.2) is 32.2 Å². The van der Waals surface area contributed by atoms with Crippen molar-refractivity contribution < 1.29 is 4.43 Å². The Bertz CT molecular complexity index is 647. The minimum atomic E-state index is -1.50. The monoisotopic (exact) mass is 314 g/mol. The van der Waals surface area contributed by atoms with Gasteiger partial charge in [-0.3, -0.25) is 4.99 Å². The van der Waals surface area contributed by atoms with Gasteiger partial charge in [-0.05, 0) is 37.7 Å². The van der Waals surface area contributed by atoms with Gasteiger partial charge in [0.25, 0.3) is 0 Å². The second kappa shape index (κ2) is 7.16. The zero-order valence-corrected chi connectivity index (χ0v) is 15.2. The summed E-state index contributed by atoms with van der Waals surface area (Å²) >= 11 is 0. The highest BCUT2D eigenvalue weighted by atomic mass is 28.4. The smallest absolute Gasteiger partial charge is 0.183 e. The van der Waals surface area contributed by atoms with Crippen LogP contribution in [0.2, 0.25) is 19.6 Å². The molecule has 0 aliphatic rings. The van der Waals surface area contributed by atoms with Crippen LogP contribution in [0.5, 0.6) is 0 Å². The molecule has 1 aromatic heterocycles. The molecule has 0 unspecified atom stereocenters. The van der Waals surface area contributed by atoms with E-state index in [1.807, 2.05) is 30.5 Å². The Kier molecular flexibility index (Phi) is 5.48. The van der Waals surface area contributed by atoms with Crippen LogP contribution in [-0.2, 0) is 4.43 Å². The Morgan fingerprint density at radius 3 is 2.55 bits per heavy atom. The second-order valence-corrected chi connectivity index (χ2v) is 11.5. The first kappa shape index (κ1) is 16.8. The summed E-state index contributed by atoms with van der Waals surface area (Å²) in [6, 6.07) is 12.4. The molecule has 0 aliphatic carbocycles. The SMILES string of the molecule is CC(C)[C@@H](CO[Si](C)(C)C)N=Cc1ccc2ccccc2n1. The van der Waals surface area contributed by atoms with Crippen LogP contribution in [0.1, 0.15) is 19.5 Å². The van der Waals surface area contributed by atoms with Crippen molar-refractivity contribution in [3.63, 3.8) is 0 Å². The van der Waals surface area contributed by atoms with E-state index in [1.165, 1.54) is 0 Å². The summed E-state index contributed by atoms with van der Waals surface area (Å²) in [4.78, 5) is 9.35. The topological polar surface area (TPSA) is 34.5 Å². The van der Waals surface area contributed by atoms with Crippen LogP contribution in [0.4, 0.5) is 0 Å². The molecule has 0 amide bonds. The van der Waals surface area contributed by atoms with E-state index >= 15 is 0 Å². The minimum Gasteiger partial charge on any atom is -0.415 e. The first-order valence-electron chi connectivity index (χ1n) is 7.88. The van der Waals surface area contributed by atoms with Crippen LogP contribution in [0.25, 0.3) is 10.9 Å². The molecule has 0 radical (unpaired) electrons. The molecule has 1 aromatic carbocycles. The van der Waals surface area contributed by atoms with Crippen LogP contribution in [0.3, 0.4) is 0 Å². The number of fused-ring (bicyclic) bond motifs is 1. The van der Waals surface area contributed by atoms with Gasteiger partial charge in [0.1, 0.15) is 0 Å². The quantitative estimate of drug-likeness (QED) is 0.580. The number of benzene rings is 1. The molecular weight excluding hydrogens is 288 g/mol. The van der Waals surface area contributed by atoms with E-state index in [1.54, 1.807) is 0 Å². The molecule has 3 nitrogen and oxygen atoms in total. The van der Waals surface area contributed by atoms with E-state index in [0.717, 1.165) is 16.6 Å². The number of aliphatic imine (C=N–C) groups is 1. The molecule has 1 atom stereocenters. The van der Waals surface area contributed by atoms with E-state index in [9.17, 15) is 0 Å². The number of nitrogens with zero attached hydrogens (tertiary/aromatic N) is 2. The van der Waals surface area contributed by atoms with Crippen molar-refractivity contribution in [2.24, 2.45) is 10.9 Å². The zero-order valence-electron chi connectivity index (χ0n) is 14.2. The molecule has 2 rings (SSSR count). The van der Waals surface area contributed by atoms with Gasteiger partial charge < -0.3 is 4.43 Å². The third-order valence-electron chi connectivity index (χ3n) is 3.47. The lowest BCUT2D eigenvalue weighted by Crippen LogP contribution is -2.31. The Morgan fingerprint density at radius 1 is 1.14 bits per heavy atom. The lowest BCUT2D eigenvalue weighted by atomic mass is 10.1. The Morgan fingerprint density at radius 2 is 1.86 bits per heavy atom. The maximum absolute atomic E-state index is 6.02. The van der Waals surface area contributed by atoms with Gasteiger partial charge in [-0.15, -0.1) is 0 Å². The highest BCUT2D eigenvalue weighted by Crippen LogP contribution is 2.13. The first-order chi connectivity index (χ1) is 10.3. The fraction of sp³-hybridized carbons (Fsp3) is 0.444. The molecule has 4 heteroatoms. The average Bonchev–Trinajstić information content (AvgIpc) is 2.45. The van der Waals surface area contributed by atoms with Crippen molar-refractivity contribution in [2.45, 2.75) is 39.5 Å². The highest BCUT2D eigenvalue weighted by Gasteiger charge is 2.19. The molecule has 0 saturated heterocycles. The molecule has 0 N–H and O–H groups in total. The summed E-state index contributed by atoms with van der Waals surface area (Å²) in [5.74, 6) is 0.452. The number of hydrogen-bond acceptors (Lipinski definition) is 3. The van der Waals surface area contributed by atoms with Gasteiger partial charge >= 0.3 is 0 Å². The molecule has 1 heterocycles. The Balaban J connectivity index is 2.11. The predicted octanol–water partition coefficient (Wildman–Crippen LogP) is 4.53. The molecule has 22 heavy (non-hydrogen) atoms. The molecule has 0 fully saturated rings. The van der Waals surface area contributed by atoms with Gasteiger partial charge in [0, 0.05) is 11.6 Å². The normalized spacial score (nSPS) is 14.1. The molecule has 0 bridgehead atoms. The predicted molar refractivity (Wildman–Crippen MR) is 97.3 cm³/mol. The zero-order chi connectivity index (χ0) is 16.2. The van der Waals surface area contributed by atoms with Crippen molar-refractivity contribution in [1.29, 1.82) is 0 Å². The van der Waals surface area contributed by atoms with Crippen molar-refractivity contribution in [1.82, 2.24) is 4.98 Å². The number of para-hydroxylation sites is 1. The average molecular weight is 315 g/mol. The van der Waals surface area contributed by atoms with Crippen LogP contribution >= 0.6 is 0 Å². The number of aromatic nitrogens is 1. The van der Waals surface area contributed by atoms with Crippen LogP contribution in [0, 0.1) is 5.92 Å². The molecule has 2 aromatic rings. The van der Waals surface area contributed by atoms with Crippen molar-refractivity contribution in [3.05, 3.63) is 42.1 Å². The van der Waals surface area contributed by atoms with Crippen LogP contribution < -0.4 is 0 Å². The second-order valence-electron chi connectivity index (χ2n) is 6.94. The molecule has 0 aliphatic heterocycles. The summed E-state index contributed by atoms with van der Waals surface area (Å²) in [6.07, 6.45) is 1.88. The lowest BCUT2D eigenvalue weighted by Gasteiger charge is -2.23. The molecule has 0 spiro atoms. The Labute approximate surface area is 134 Å². The Hall–Kier alpha value is -1.52. The van der Waals surface area contributed by atoms with E-state index in [0.29, 0.717) is 12.5 Å². The lowest BCUT2D eigenvalue weighted by molar-refractivity contribution is 0.255. The van der Waals surface area contributed by atoms with Gasteiger partial charge in [0.2, 0.25) is 0 Å². The van der Waals surface area contributed by atoms with E-state index < -0.39 is 8.32 Å². The van der Waals surface area contributed by atoms with Gasteiger partial charge in [-0.1, -0.05) is 38.1 Å². The maximum atomic E-state index is 6.02. The van der Waals surface area contributed by atoms with E-state index in [2.05, 4.69) is 50.6 Å². The fourth-order valence-electron chi connectivity index (χ4n) is 2.07. The van der Waals surface area contributed by atoms with Gasteiger partial charge in [-0.25, -0.2) is 4.98 Å². The van der Waals surface area contributed by atoms with Gasteiger partial charge in [0.15, 0.2) is 8.32 Å². The number of rotatable bonds is 6. The van der Waals surface area contributed by atoms with E-state index in [4.69, 9.17) is 9.42 Å². The largest absolute Gasteiger partial charge is 0.415 e. The van der Waals surface area contributed by atoms with Crippen LogP contribution in [0.15, 0.2) is 41.4 Å². The number of pyridine rings is 1. The third-order valence-corrected chi connectivity index (χ3v) is 4.51. The highest BCUT2D eigenvalue weighted by molar-refractivity contribution is 6.69. The summed E-state index contributed by atoms with van der Waals surface area (Å²) in [5.41, 5.74) is 1.91. The molecule has 0 saturated carbocycles. The first-order valence-corrected chi connectivity index (χ1v) is 11.3.